The molecular weight excluding hydrogens is 308 g/mol. The third-order valence-corrected chi connectivity index (χ3v) is 4.70. The summed E-state index contributed by atoms with van der Waals surface area (Å²) in [5, 5.41) is 19.5. The fraction of sp³-hybridized carbons (Fsp3) is 0.455. The zero-order chi connectivity index (χ0) is 15.5. The summed E-state index contributed by atoms with van der Waals surface area (Å²) in [6.07, 6.45) is 0. The zero-order valence-electron chi connectivity index (χ0n) is 10.9. The molecule has 0 radical (unpaired) electrons. The minimum Gasteiger partial charge on any atom is -0.395 e. The second-order valence-electron chi connectivity index (χ2n) is 4.53. The molecule has 1 aromatic rings. The van der Waals surface area contributed by atoms with Gasteiger partial charge in [0.25, 0.3) is 5.69 Å². The van der Waals surface area contributed by atoms with Crippen LogP contribution in [0.4, 0.5) is 5.69 Å². The molecule has 1 aromatic carbocycles. The van der Waals surface area contributed by atoms with Gasteiger partial charge in [-0.1, -0.05) is 25.4 Å². The van der Waals surface area contributed by atoms with Crippen LogP contribution in [0.5, 0.6) is 0 Å². The molecule has 0 saturated carbocycles. The summed E-state index contributed by atoms with van der Waals surface area (Å²) in [5.41, 5.74) is -0.295. The number of hydrogen-bond donors (Lipinski definition) is 2. The average Bonchev–Trinajstić information content (AvgIpc) is 2.35. The van der Waals surface area contributed by atoms with Crippen LogP contribution in [-0.2, 0) is 10.0 Å². The average molecular weight is 323 g/mol. The number of nitro benzene ring substituents is 1. The predicted molar refractivity (Wildman–Crippen MR) is 74.1 cm³/mol. The maximum atomic E-state index is 12.1. The van der Waals surface area contributed by atoms with Gasteiger partial charge in [0.1, 0.15) is 4.90 Å². The van der Waals surface area contributed by atoms with Crippen molar-refractivity contribution in [2.75, 3.05) is 6.61 Å². The SMILES string of the molecule is CC(C)C(CO)NS(=O)(=O)c1ccc([N+](=O)[O-])cc1Cl. The minimum atomic E-state index is -3.95. The van der Waals surface area contributed by atoms with Gasteiger partial charge in [-0.3, -0.25) is 10.1 Å². The summed E-state index contributed by atoms with van der Waals surface area (Å²) in [7, 11) is -3.95. The molecule has 0 spiro atoms. The van der Waals surface area contributed by atoms with E-state index in [2.05, 4.69) is 4.72 Å². The van der Waals surface area contributed by atoms with Crippen molar-refractivity contribution in [1.82, 2.24) is 4.72 Å². The van der Waals surface area contributed by atoms with Gasteiger partial charge < -0.3 is 5.11 Å². The molecule has 0 aliphatic rings. The number of halogens is 1. The number of benzene rings is 1. The molecule has 112 valence electrons. The molecule has 0 amide bonds. The van der Waals surface area contributed by atoms with E-state index >= 15 is 0 Å². The lowest BCUT2D eigenvalue weighted by atomic mass is 10.1. The molecule has 1 rings (SSSR count). The van der Waals surface area contributed by atoms with Crippen LogP contribution >= 0.6 is 11.6 Å². The van der Waals surface area contributed by atoms with Gasteiger partial charge in [-0.2, -0.15) is 0 Å². The maximum absolute atomic E-state index is 12.1. The van der Waals surface area contributed by atoms with E-state index in [0.717, 1.165) is 18.2 Å². The molecule has 2 N–H and O–H groups in total. The highest BCUT2D eigenvalue weighted by atomic mass is 35.5. The van der Waals surface area contributed by atoms with Crippen LogP contribution in [-0.4, -0.2) is 31.1 Å². The van der Waals surface area contributed by atoms with Gasteiger partial charge in [-0.25, -0.2) is 13.1 Å². The fourth-order valence-electron chi connectivity index (χ4n) is 1.47. The van der Waals surface area contributed by atoms with Crippen molar-refractivity contribution < 1.29 is 18.4 Å². The first-order chi connectivity index (χ1) is 9.19. The van der Waals surface area contributed by atoms with Crippen LogP contribution in [0.15, 0.2) is 23.1 Å². The number of aliphatic hydroxyl groups is 1. The molecule has 0 aromatic heterocycles. The standard InChI is InChI=1S/C11H15ClN2O5S/c1-7(2)10(6-15)13-20(18,19)11-4-3-8(14(16)17)5-9(11)12/h3-5,7,10,13,15H,6H2,1-2H3. The summed E-state index contributed by atoms with van der Waals surface area (Å²) < 4.78 is 26.6. The third kappa shape index (κ3) is 3.89. The Morgan fingerprint density at radius 3 is 2.45 bits per heavy atom. The second-order valence-corrected chi connectivity index (χ2v) is 6.62. The topological polar surface area (TPSA) is 110 Å². The number of non-ortho nitro benzene ring substituents is 1. The fourth-order valence-corrected chi connectivity index (χ4v) is 3.38. The lowest BCUT2D eigenvalue weighted by Crippen LogP contribution is -2.41. The molecule has 7 nitrogen and oxygen atoms in total. The molecule has 0 saturated heterocycles. The molecule has 0 fully saturated rings. The van der Waals surface area contributed by atoms with E-state index in [-0.39, 0.29) is 28.1 Å². The minimum absolute atomic E-state index is 0.119. The normalized spacial score (nSPS) is 13.4. The summed E-state index contributed by atoms with van der Waals surface area (Å²) in [6.45, 7) is 3.14. The number of nitro groups is 1. The van der Waals surface area contributed by atoms with Crippen molar-refractivity contribution in [1.29, 1.82) is 0 Å². The van der Waals surface area contributed by atoms with Crippen LogP contribution in [0.2, 0.25) is 5.02 Å². The van der Waals surface area contributed by atoms with Crippen LogP contribution in [0.3, 0.4) is 0 Å². The molecule has 0 bridgehead atoms. The smallest absolute Gasteiger partial charge is 0.271 e. The molecule has 0 aliphatic carbocycles. The van der Waals surface area contributed by atoms with Crippen LogP contribution < -0.4 is 4.72 Å². The van der Waals surface area contributed by atoms with Crippen molar-refractivity contribution in [2.24, 2.45) is 5.92 Å². The number of rotatable bonds is 6. The van der Waals surface area contributed by atoms with Crippen molar-refractivity contribution in [2.45, 2.75) is 24.8 Å². The first-order valence-corrected chi connectivity index (χ1v) is 7.62. The summed E-state index contributed by atoms with van der Waals surface area (Å²) in [4.78, 5) is 9.65. The molecule has 0 aliphatic heterocycles. The van der Waals surface area contributed by atoms with E-state index < -0.39 is 21.0 Å². The molecule has 1 unspecified atom stereocenters. The number of nitrogens with zero attached hydrogens (tertiary/aromatic N) is 1. The Balaban J connectivity index is 3.13. The van der Waals surface area contributed by atoms with Crippen molar-refractivity contribution in [3.8, 4) is 0 Å². The van der Waals surface area contributed by atoms with E-state index in [1.54, 1.807) is 13.8 Å². The molecule has 1 atom stereocenters. The first kappa shape index (κ1) is 16.8. The van der Waals surface area contributed by atoms with Gasteiger partial charge in [0.2, 0.25) is 10.0 Å². The molecule has 0 heterocycles. The monoisotopic (exact) mass is 322 g/mol. The van der Waals surface area contributed by atoms with Gasteiger partial charge >= 0.3 is 0 Å². The second kappa shape index (κ2) is 6.49. The van der Waals surface area contributed by atoms with Gasteiger partial charge in [0, 0.05) is 18.2 Å². The highest BCUT2D eigenvalue weighted by Crippen LogP contribution is 2.26. The first-order valence-electron chi connectivity index (χ1n) is 5.76. The Kier molecular flexibility index (Phi) is 5.46. The van der Waals surface area contributed by atoms with Crippen LogP contribution in [0, 0.1) is 16.0 Å². The zero-order valence-corrected chi connectivity index (χ0v) is 12.5. The largest absolute Gasteiger partial charge is 0.395 e. The summed E-state index contributed by atoms with van der Waals surface area (Å²) >= 11 is 5.78. The van der Waals surface area contributed by atoms with Crippen LogP contribution in [0.1, 0.15) is 13.8 Å². The Morgan fingerprint density at radius 2 is 2.05 bits per heavy atom. The Labute approximate surface area is 121 Å². The molecular formula is C11H15ClN2O5S. The summed E-state index contributed by atoms with van der Waals surface area (Å²) in [5.74, 6) is -0.119. The summed E-state index contributed by atoms with van der Waals surface area (Å²) in [6, 6.07) is 2.44. The quantitative estimate of drug-likeness (QED) is 0.610. The van der Waals surface area contributed by atoms with Crippen LogP contribution in [0.25, 0.3) is 0 Å². The van der Waals surface area contributed by atoms with Gasteiger partial charge in [0.15, 0.2) is 0 Å². The van der Waals surface area contributed by atoms with E-state index in [4.69, 9.17) is 16.7 Å². The third-order valence-electron chi connectivity index (χ3n) is 2.72. The molecule has 9 heteroatoms. The van der Waals surface area contributed by atoms with E-state index in [1.165, 1.54) is 0 Å². The van der Waals surface area contributed by atoms with Gasteiger partial charge in [-0.05, 0) is 12.0 Å². The van der Waals surface area contributed by atoms with Gasteiger partial charge in [-0.15, -0.1) is 0 Å². The van der Waals surface area contributed by atoms with Crippen molar-refractivity contribution >= 4 is 27.3 Å². The highest BCUT2D eigenvalue weighted by molar-refractivity contribution is 7.89. The lowest BCUT2D eigenvalue weighted by molar-refractivity contribution is -0.384. The van der Waals surface area contributed by atoms with Crippen molar-refractivity contribution in [3.05, 3.63) is 33.3 Å². The van der Waals surface area contributed by atoms with E-state index in [1.807, 2.05) is 0 Å². The number of nitrogens with one attached hydrogen (secondary N) is 1. The maximum Gasteiger partial charge on any atom is 0.271 e. The Bertz CT molecular complexity index is 603. The number of hydrogen-bond acceptors (Lipinski definition) is 5. The highest BCUT2D eigenvalue weighted by Gasteiger charge is 2.25. The Hall–Kier alpha value is -1.22. The van der Waals surface area contributed by atoms with Crippen molar-refractivity contribution in [3.63, 3.8) is 0 Å². The number of sulfonamides is 1. The number of aliphatic hydroxyl groups excluding tert-OH is 1. The van der Waals surface area contributed by atoms with Gasteiger partial charge in [0.05, 0.1) is 16.6 Å². The van der Waals surface area contributed by atoms with E-state index in [9.17, 15) is 18.5 Å². The lowest BCUT2D eigenvalue weighted by Gasteiger charge is -2.20. The Morgan fingerprint density at radius 1 is 1.45 bits per heavy atom. The van der Waals surface area contributed by atoms with E-state index in [0.29, 0.717) is 0 Å². The molecule has 20 heavy (non-hydrogen) atoms. The predicted octanol–water partition coefficient (Wildman–Crippen LogP) is 1.54.